The van der Waals surface area contributed by atoms with E-state index in [1.807, 2.05) is 12.1 Å². The van der Waals surface area contributed by atoms with E-state index in [1.54, 1.807) is 43.5 Å². The molecular formula is C22H27N3O3. The second kappa shape index (κ2) is 9.37. The Balaban J connectivity index is 1.56. The van der Waals surface area contributed by atoms with Crippen molar-refractivity contribution in [2.24, 2.45) is 0 Å². The van der Waals surface area contributed by atoms with Crippen LogP contribution in [-0.2, 0) is 4.79 Å². The van der Waals surface area contributed by atoms with E-state index in [9.17, 15) is 9.59 Å². The number of ether oxygens (including phenoxy) is 1. The molecule has 6 nitrogen and oxygen atoms in total. The number of anilines is 2. The normalized spacial score (nSPS) is 17.0. The Bertz CT molecular complexity index is 820. The van der Waals surface area contributed by atoms with Crippen molar-refractivity contribution in [3.05, 3.63) is 54.1 Å². The quantitative estimate of drug-likeness (QED) is 0.799. The van der Waals surface area contributed by atoms with Gasteiger partial charge in [0.2, 0.25) is 5.91 Å². The standard InChI is InChI=1S/C22H27N3O3/c1-16-7-5-6-14-25(16)15-21(26)23-18-12-10-17(11-13-18)22(27)24-19-8-3-4-9-20(19)28-2/h3-4,8-13,16H,5-7,14-15H2,1-2H3,(H,23,26)(H,24,27)/t16-/m0/s1. The van der Waals surface area contributed by atoms with Crippen molar-refractivity contribution in [1.82, 2.24) is 4.90 Å². The first kappa shape index (κ1) is 19.9. The highest BCUT2D eigenvalue weighted by molar-refractivity contribution is 6.05. The molecule has 2 amide bonds. The molecule has 6 heteroatoms. The minimum atomic E-state index is -0.232. The third-order valence-electron chi connectivity index (χ3n) is 5.07. The molecule has 1 atom stereocenters. The highest BCUT2D eigenvalue weighted by atomic mass is 16.5. The van der Waals surface area contributed by atoms with E-state index in [0.717, 1.165) is 19.4 Å². The number of rotatable bonds is 6. The van der Waals surface area contributed by atoms with Gasteiger partial charge in [-0.1, -0.05) is 18.6 Å². The molecule has 0 saturated carbocycles. The van der Waals surface area contributed by atoms with Crippen LogP contribution in [0.15, 0.2) is 48.5 Å². The maximum atomic E-state index is 12.5. The van der Waals surface area contributed by atoms with Gasteiger partial charge < -0.3 is 15.4 Å². The largest absolute Gasteiger partial charge is 0.495 e. The van der Waals surface area contributed by atoms with Crippen LogP contribution in [0.5, 0.6) is 5.75 Å². The summed E-state index contributed by atoms with van der Waals surface area (Å²) < 4.78 is 5.25. The number of carbonyl (C=O) groups is 2. The fourth-order valence-electron chi connectivity index (χ4n) is 3.42. The number of hydrogen-bond donors (Lipinski definition) is 2. The maximum Gasteiger partial charge on any atom is 0.255 e. The van der Waals surface area contributed by atoms with Gasteiger partial charge >= 0.3 is 0 Å². The van der Waals surface area contributed by atoms with Gasteiger partial charge in [-0.2, -0.15) is 0 Å². The van der Waals surface area contributed by atoms with Gasteiger partial charge in [-0.25, -0.2) is 0 Å². The molecule has 1 aliphatic rings. The monoisotopic (exact) mass is 381 g/mol. The summed E-state index contributed by atoms with van der Waals surface area (Å²) in [6.45, 7) is 3.54. The first-order chi connectivity index (χ1) is 13.6. The van der Waals surface area contributed by atoms with Gasteiger partial charge in [-0.3, -0.25) is 14.5 Å². The van der Waals surface area contributed by atoms with E-state index in [0.29, 0.717) is 35.3 Å². The highest BCUT2D eigenvalue weighted by Crippen LogP contribution is 2.24. The number of methoxy groups -OCH3 is 1. The maximum absolute atomic E-state index is 12.5. The van der Waals surface area contributed by atoms with E-state index in [1.165, 1.54) is 6.42 Å². The molecule has 2 aromatic rings. The highest BCUT2D eigenvalue weighted by Gasteiger charge is 2.20. The zero-order valence-electron chi connectivity index (χ0n) is 16.4. The third kappa shape index (κ3) is 5.10. The lowest BCUT2D eigenvalue weighted by Gasteiger charge is -2.32. The van der Waals surface area contributed by atoms with Crippen molar-refractivity contribution >= 4 is 23.2 Å². The van der Waals surface area contributed by atoms with Gasteiger partial charge in [-0.05, 0) is 62.7 Å². The van der Waals surface area contributed by atoms with Crippen molar-refractivity contribution in [3.63, 3.8) is 0 Å². The second-order valence-electron chi connectivity index (χ2n) is 7.10. The summed E-state index contributed by atoms with van der Waals surface area (Å²) in [5.41, 5.74) is 1.81. The Hall–Kier alpha value is -2.86. The molecule has 0 unspecified atom stereocenters. The molecular weight excluding hydrogens is 354 g/mol. The minimum Gasteiger partial charge on any atom is -0.495 e. The topological polar surface area (TPSA) is 70.7 Å². The average Bonchev–Trinajstić information content (AvgIpc) is 2.70. The molecule has 1 aliphatic heterocycles. The molecule has 28 heavy (non-hydrogen) atoms. The predicted molar refractivity (Wildman–Crippen MR) is 111 cm³/mol. The van der Waals surface area contributed by atoms with Crippen LogP contribution >= 0.6 is 0 Å². The zero-order chi connectivity index (χ0) is 19.9. The summed E-state index contributed by atoms with van der Waals surface area (Å²) in [4.78, 5) is 27.0. The Labute approximate surface area is 165 Å². The number of nitrogens with one attached hydrogen (secondary N) is 2. The fourth-order valence-corrected chi connectivity index (χ4v) is 3.42. The summed E-state index contributed by atoms with van der Waals surface area (Å²) in [5, 5.41) is 5.75. The number of piperidine rings is 1. The predicted octanol–water partition coefficient (Wildman–Crippen LogP) is 3.76. The molecule has 0 spiro atoms. The molecule has 1 heterocycles. The Morgan fingerprint density at radius 1 is 1.07 bits per heavy atom. The number of para-hydroxylation sites is 2. The van der Waals surface area contributed by atoms with Crippen LogP contribution in [0.25, 0.3) is 0 Å². The molecule has 2 N–H and O–H groups in total. The lowest BCUT2D eigenvalue weighted by molar-refractivity contribution is -0.118. The van der Waals surface area contributed by atoms with Gasteiger partial charge in [0, 0.05) is 17.3 Å². The van der Waals surface area contributed by atoms with Crippen LogP contribution < -0.4 is 15.4 Å². The van der Waals surface area contributed by atoms with Gasteiger partial charge in [0.1, 0.15) is 5.75 Å². The summed E-state index contributed by atoms with van der Waals surface area (Å²) in [6, 6.07) is 14.6. The first-order valence-corrected chi connectivity index (χ1v) is 9.65. The van der Waals surface area contributed by atoms with E-state index in [2.05, 4.69) is 22.5 Å². The van der Waals surface area contributed by atoms with Crippen LogP contribution in [0.2, 0.25) is 0 Å². The summed E-state index contributed by atoms with van der Waals surface area (Å²) in [6.07, 6.45) is 3.52. The smallest absolute Gasteiger partial charge is 0.255 e. The minimum absolute atomic E-state index is 0.0278. The SMILES string of the molecule is COc1ccccc1NC(=O)c1ccc(NC(=O)CN2CCCC[C@@H]2C)cc1. The molecule has 0 aromatic heterocycles. The van der Waals surface area contributed by atoms with Crippen molar-refractivity contribution in [1.29, 1.82) is 0 Å². The number of amides is 2. The van der Waals surface area contributed by atoms with Crippen molar-refractivity contribution in [2.75, 3.05) is 30.8 Å². The first-order valence-electron chi connectivity index (χ1n) is 9.65. The number of carbonyl (C=O) groups excluding carboxylic acids is 2. The van der Waals surface area contributed by atoms with Crippen molar-refractivity contribution < 1.29 is 14.3 Å². The van der Waals surface area contributed by atoms with E-state index in [-0.39, 0.29) is 11.8 Å². The molecule has 0 radical (unpaired) electrons. The van der Waals surface area contributed by atoms with E-state index >= 15 is 0 Å². The van der Waals surface area contributed by atoms with Crippen molar-refractivity contribution in [2.45, 2.75) is 32.2 Å². The second-order valence-corrected chi connectivity index (χ2v) is 7.10. The lowest BCUT2D eigenvalue weighted by Crippen LogP contribution is -2.42. The third-order valence-corrected chi connectivity index (χ3v) is 5.07. The molecule has 1 fully saturated rings. The van der Waals surface area contributed by atoms with E-state index < -0.39 is 0 Å². The zero-order valence-corrected chi connectivity index (χ0v) is 16.4. The Morgan fingerprint density at radius 2 is 1.82 bits per heavy atom. The molecule has 3 rings (SSSR count). The van der Waals surface area contributed by atoms with Gasteiger partial charge in [-0.15, -0.1) is 0 Å². The average molecular weight is 381 g/mol. The van der Waals surface area contributed by atoms with Crippen LogP contribution in [0.4, 0.5) is 11.4 Å². The fraction of sp³-hybridized carbons (Fsp3) is 0.364. The number of likely N-dealkylation sites (tertiary alicyclic amines) is 1. The molecule has 0 aliphatic carbocycles. The van der Waals surface area contributed by atoms with Crippen LogP contribution in [0, 0.1) is 0 Å². The van der Waals surface area contributed by atoms with Crippen LogP contribution in [0.3, 0.4) is 0 Å². The molecule has 0 bridgehead atoms. The number of hydrogen-bond acceptors (Lipinski definition) is 4. The Morgan fingerprint density at radius 3 is 2.54 bits per heavy atom. The van der Waals surface area contributed by atoms with Crippen LogP contribution in [0.1, 0.15) is 36.5 Å². The van der Waals surface area contributed by atoms with Gasteiger partial charge in [0.05, 0.1) is 19.3 Å². The van der Waals surface area contributed by atoms with E-state index in [4.69, 9.17) is 4.74 Å². The molecule has 2 aromatic carbocycles. The molecule has 1 saturated heterocycles. The Kier molecular flexibility index (Phi) is 6.66. The summed E-state index contributed by atoms with van der Waals surface area (Å²) in [7, 11) is 1.56. The number of benzene rings is 2. The number of nitrogens with zero attached hydrogens (tertiary/aromatic N) is 1. The van der Waals surface area contributed by atoms with Gasteiger partial charge in [0.25, 0.3) is 5.91 Å². The van der Waals surface area contributed by atoms with Crippen molar-refractivity contribution in [3.8, 4) is 5.75 Å². The van der Waals surface area contributed by atoms with Crippen LogP contribution in [-0.4, -0.2) is 43.0 Å². The summed E-state index contributed by atoms with van der Waals surface area (Å²) >= 11 is 0. The van der Waals surface area contributed by atoms with Gasteiger partial charge in [0.15, 0.2) is 0 Å². The lowest BCUT2D eigenvalue weighted by atomic mass is 10.0. The molecule has 148 valence electrons. The summed E-state index contributed by atoms with van der Waals surface area (Å²) in [5.74, 6) is 0.344.